The first-order valence-electron chi connectivity index (χ1n) is 8.15. The van der Waals surface area contributed by atoms with Crippen LogP contribution in [0.2, 0.25) is 12.1 Å². The van der Waals surface area contributed by atoms with Crippen LogP contribution in [-0.4, -0.2) is 44.2 Å². The molecule has 0 unspecified atom stereocenters. The molecule has 0 saturated carbocycles. The second kappa shape index (κ2) is 18.7. The molecular weight excluding hydrogens is 288 g/mol. The highest BCUT2D eigenvalue weighted by Gasteiger charge is 1.94. The Morgan fingerprint density at radius 1 is 0.737 bits per heavy atom. The van der Waals surface area contributed by atoms with E-state index in [1.165, 1.54) is 50.6 Å². The summed E-state index contributed by atoms with van der Waals surface area (Å²) in [7, 11) is -0.405. The van der Waals surface area contributed by atoms with E-state index in [4.69, 9.17) is 8.85 Å². The van der Waals surface area contributed by atoms with Crippen molar-refractivity contribution in [2.75, 3.05) is 24.7 Å². The summed E-state index contributed by atoms with van der Waals surface area (Å²) in [5.41, 5.74) is 0. The van der Waals surface area contributed by atoms with Crippen LogP contribution in [0.25, 0.3) is 0 Å². The van der Waals surface area contributed by atoms with Gasteiger partial charge in [0.25, 0.3) is 0 Å². The average molecular weight is 323 g/mol. The summed E-state index contributed by atoms with van der Waals surface area (Å²) < 4.78 is 11.5. The molecule has 19 heavy (non-hydrogen) atoms. The van der Waals surface area contributed by atoms with Gasteiger partial charge in [0, 0.05) is 24.7 Å². The molecule has 0 aromatic carbocycles. The largest absolute Gasteiger partial charge is 0.423 e. The third-order valence-corrected chi connectivity index (χ3v) is 6.67. The van der Waals surface area contributed by atoms with Crippen LogP contribution < -0.4 is 0 Å². The summed E-state index contributed by atoms with van der Waals surface area (Å²) in [6.07, 6.45) is 8.17. The maximum Gasteiger partial charge on any atom is 0.161 e. The first-order valence-corrected chi connectivity index (χ1v) is 12.5. The van der Waals surface area contributed by atoms with Gasteiger partial charge in [0.2, 0.25) is 0 Å². The van der Waals surface area contributed by atoms with E-state index >= 15 is 0 Å². The fourth-order valence-corrected chi connectivity index (χ4v) is 5.12. The lowest BCUT2D eigenvalue weighted by Gasteiger charge is -2.05. The molecule has 0 aliphatic rings. The zero-order chi connectivity index (χ0) is 14.0. The smallest absolute Gasteiger partial charge is 0.161 e. The Hall–Kier alpha value is 0.704. The zero-order valence-electron chi connectivity index (χ0n) is 13.1. The first kappa shape index (κ1) is 19.7. The topological polar surface area (TPSA) is 18.5 Å². The van der Waals surface area contributed by atoms with Gasteiger partial charge in [-0.15, -0.1) is 0 Å². The minimum Gasteiger partial charge on any atom is -0.423 e. The van der Waals surface area contributed by atoms with Gasteiger partial charge in [0.15, 0.2) is 19.5 Å². The second-order valence-electron chi connectivity index (χ2n) is 4.96. The molecular formula is C14H34O2SSi2. The molecule has 0 heterocycles. The quantitative estimate of drug-likeness (QED) is 0.321. The van der Waals surface area contributed by atoms with E-state index in [1.807, 2.05) is 11.8 Å². The van der Waals surface area contributed by atoms with Crippen molar-refractivity contribution in [3.63, 3.8) is 0 Å². The van der Waals surface area contributed by atoms with Gasteiger partial charge in [-0.3, -0.25) is 0 Å². The van der Waals surface area contributed by atoms with Crippen LogP contribution in [-0.2, 0) is 8.85 Å². The highest BCUT2D eigenvalue weighted by molar-refractivity contribution is 7.99. The van der Waals surface area contributed by atoms with E-state index in [2.05, 4.69) is 13.8 Å². The maximum atomic E-state index is 5.74. The molecule has 0 aromatic heterocycles. The molecule has 0 aromatic rings. The van der Waals surface area contributed by atoms with Gasteiger partial charge in [-0.05, 0) is 12.1 Å². The van der Waals surface area contributed by atoms with Crippen molar-refractivity contribution in [1.29, 1.82) is 0 Å². The minimum absolute atomic E-state index is 0.203. The summed E-state index contributed by atoms with van der Waals surface area (Å²) in [4.78, 5) is 0. The van der Waals surface area contributed by atoms with Crippen molar-refractivity contribution in [3.8, 4) is 0 Å². The van der Waals surface area contributed by atoms with Crippen LogP contribution in [0, 0.1) is 0 Å². The van der Waals surface area contributed by atoms with Crippen LogP contribution in [0.1, 0.15) is 52.4 Å². The Morgan fingerprint density at radius 2 is 1.21 bits per heavy atom. The Kier molecular flexibility index (Phi) is 19.4. The van der Waals surface area contributed by atoms with E-state index in [0.29, 0.717) is 0 Å². The molecule has 0 spiro atoms. The lowest BCUT2D eigenvalue weighted by Crippen LogP contribution is -2.05. The van der Waals surface area contributed by atoms with Gasteiger partial charge < -0.3 is 8.85 Å². The van der Waals surface area contributed by atoms with Crippen LogP contribution in [0.3, 0.4) is 0 Å². The molecule has 0 radical (unpaired) electrons. The summed E-state index contributed by atoms with van der Waals surface area (Å²) >= 11 is 1.98. The molecule has 0 fully saturated rings. The summed E-state index contributed by atoms with van der Waals surface area (Å²) in [5, 5.41) is 0. The highest BCUT2D eigenvalue weighted by Crippen LogP contribution is 2.02. The van der Waals surface area contributed by atoms with E-state index < -0.39 is 0 Å². The molecule has 0 aliphatic carbocycles. The van der Waals surface area contributed by atoms with Crippen LogP contribution in [0.4, 0.5) is 0 Å². The Morgan fingerprint density at radius 3 is 1.63 bits per heavy atom. The predicted octanol–water partition coefficient (Wildman–Crippen LogP) is 3.14. The average Bonchev–Trinajstić information content (AvgIpc) is 2.43. The van der Waals surface area contributed by atoms with Gasteiger partial charge >= 0.3 is 0 Å². The van der Waals surface area contributed by atoms with Gasteiger partial charge in [-0.2, -0.15) is 11.8 Å². The lowest BCUT2D eigenvalue weighted by molar-refractivity contribution is 0.358. The SMILES string of the molecule is CCCCC[SiH2]OCCSCCO[SiH2]CCCCC. The Labute approximate surface area is 129 Å². The van der Waals surface area contributed by atoms with Crippen molar-refractivity contribution in [2.45, 2.75) is 64.5 Å². The van der Waals surface area contributed by atoms with Gasteiger partial charge in [-0.25, -0.2) is 0 Å². The number of rotatable bonds is 16. The molecule has 0 saturated heterocycles. The molecule has 5 heteroatoms. The van der Waals surface area contributed by atoms with E-state index in [0.717, 1.165) is 24.7 Å². The maximum absolute atomic E-state index is 5.74. The first-order chi connectivity index (χ1) is 9.41. The molecule has 0 aliphatic heterocycles. The molecule has 116 valence electrons. The predicted molar refractivity (Wildman–Crippen MR) is 95.0 cm³/mol. The fourth-order valence-electron chi connectivity index (χ4n) is 1.80. The van der Waals surface area contributed by atoms with Crippen LogP contribution >= 0.6 is 11.8 Å². The summed E-state index contributed by atoms with van der Waals surface area (Å²) in [6, 6.07) is 2.73. The van der Waals surface area contributed by atoms with Crippen molar-refractivity contribution >= 4 is 31.3 Å². The minimum atomic E-state index is -0.203. The number of hydrogen-bond donors (Lipinski definition) is 0. The molecule has 0 amide bonds. The number of unbranched alkanes of at least 4 members (excludes halogenated alkanes) is 4. The van der Waals surface area contributed by atoms with Gasteiger partial charge in [-0.1, -0.05) is 52.4 Å². The van der Waals surface area contributed by atoms with Crippen molar-refractivity contribution in [3.05, 3.63) is 0 Å². The molecule has 0 atom stereocenters. The third-order valence-electron chi connectivity index (χ3n) is 3.03. The van der Waals surface area contributed by atoms with Crippen LogP contribution in [0.15, 0.2) is 0 Å². The van der Waals surface area contributed by atoms with Crippen molar-refractivity contribution in [1.82, 2.24) is 0 Å². The standard InChI is InChI=1S/C14H34O2SSi2/c1-3-5-7-13-18-15-9-11-17-12-10-16-19-14-8-6-4-2/h3-14,18-19H2,1-2H3. The van der Waals surface area contributed by atoms with Crippen molar-refractivity contribution < 1.29 is 8.85 Å². The zero-order valence-corrected chi connectivity index (χ0v) is 16.8. The molecule has 2 nitrogen and oxygen atoms in total. The lowest BCUT2D eigenvalue weighted by atomic mass is 10.3. The molecule has 0 bridgehead atoms. The Balaban J connectivity index is 2.88. The fraction of sp³-hybridized carbons (Fsp3) is 1.00. The second-order valence-corrected chi connectivity index (χ2v) is 9.23. The van der Waals surface area contributed by atoms with Gasteiger partial charge in [0.1, 0.15) is 0 Å². The molecule has 0 rings (SSSR count). The van der Waals surface area contributed by atoms with Crippen molar-refractivity contribution in [2.24, 2.45) is 0 Å². The molecule has 0 N–H and O–H groups in total. The summed E-state index contributed by atoms with van der Waals surface area (Å²) in [5.74, 6) is 2.31. The van der Waals surface area contributed by atoms with E-state index in [-0.39, 0.29) is 19.5 Å². The third kappa shape index (κ3) is 18.7. The normalized spacial score (nSPS) is 12.3. The highest BCUT2D eigenvalue weighted by atomic mass is 32.2. The summed E-state index contributed by atoms with van der Waals surface area (Å²) in [6.45, 7) is 6.45. The van der Waals surface area contributed by atoms with E-state index in [1.54, 1.807) is 0 Å². The number of thioether (sulfide) groups is 1. The van der Waals surface area contributed by atoms with Crippen LogP contribution in [0.5, 0.6) is 0 Å². The van der Waals surface area contributed by atoms with Gasteiger partial charge in [0.05, 0.1) is 0 Å². The van der Waals surface area contributed by atoms with E-state index in [9.17, 15) is 0 Å². The number of hydrogen-bond acceptors (Lipinski definition) is 3. The Bertz CT molecular complexity index is 146. The monoisotopic (exact) mass is 322 g/mol.